The molecule has 3 aliphatic carbocycles. The average molecular weight is 845 g/mol. The number of aromatic nitrogens is 4. The van der Waals surface area contributed by atoms with Crippen LogP contribution in [0.1, 0.15) is 137 Å². The summed E-state index contributed by atoms with van der Waals surface area (Å²) in [6.45, 7) is 8.93. The summed E-state index contributed by atoms with van der Waals surface area (Å²) in [6.07, 6.45) is 12.6. The van der Waals surface area contributed by atoms with Gasteiger partial charge in [-0.05, 0) is 121 Å². The van der Waals surface area contributed by atoms with E-state index in [-0.39, 0.29) is 35.7 Å². The van der Waals surface area contributed by atoms with Gasteiger partial charge >= 0.3 is 12.2 Å². The largest absolute Gasteiger partial charge is 0.453 e. The van der Waals surface area contributed by atoms with Crippen LogP contribution < -0.4 is 10.6 Å². The molecule has 9 rings (SSSR count). The first-order valence-corrected chi connectivity index (χ1v) is 22.7. The first-order chi connectivity index (χ1) is 30.0. The Kier molecular flexibility index (Phi) is 11.4. The van der Waals surface area contributed by atoms with Crippen molar-refractivity contribution >= 4 is 24.0 Å². The van der Waals surface area contributed by atoms with Crippen molar-refractivity contribution in [2.24, 2.45) is 11.8 Å². The van der Waals surface area contributed by atoms with Gasteiger partial charge in [0.15, 0.2) is 0 Å². The summed E-state index contributed by atoms with van der Waals surface area (Å²) in [5.41, 5.74) is 12.7. The van der Waals surface area contributed by atoms with Crippen molar-refractivity contribution in [1.29, 1.82) is 0 Å². The topological polar surface area (TPSA) is 175 Å². The fourth-order valence-corrected chi connectivity index (χ4v) is 11.4. The van der Waals surface area contributed by atoms with Gasteiger partial charge in [-0.15, -0.1) is 0 Å². The minimum Gasteiger partial charge on any atom is -0.453 e. The molecule has 4 heterocycles. The van der Waals surface area contributed by atoms with E-state index in [1.54, 1.807) is 0 Å². The maximum Gasteiger partial charge on any atom is 0.407 e. The highest BCUT2D eigenvalue weighted by molar-refractivity contribution is 5.88. The third kappa shape index (κ3) is 7.32. The molecular weight excluding hydrogens is 785 g/mol. The van der Waals surface area contributed by atoms with Crippen LogP contribution in [0.25, 0.3) is 33.6 Å². The van der Waals surface area contributed by atoms with Crippen LogP contribution in [-0.4, -0.2) is 93.1 Å². The predicted octanol–water partition coefficient (Wildman–Crippen LogP) is 8.08. The molecule has 14 nitrogen and oxygen atoms in total. The van der Waals surface area contributed by atoms with Crippen LogP contribution in [0.15, 0.2) is 36.7 Å². The second-order valence-corrected chi connectivity index (χ2v) is 18.6. The number of benzene rings is 2. The summed E-state index contributed by atoms with van der Waals surface area (Å²) >= 11 is 0. The normalized spacial score (nSPS) is 22.3. The number of alkyl carbamates (subject to hydrolysis) is 2. The SMILES string of the molecule is COC(=O)N[C@H](C(=O)N1CCC[C@H]1c1ncc(-c2ccc(-c3ccc(-c4cnc([C@@H]5CCCN5C(=O)[C@@H](NC(=O)OC)C(C)C)[nH]4)c4c3C3CCC4C3)c3c2CCC3)[nH]1)C(C)C. The minimum absolute atomic E-state index is 0.100. The lowest BCUT2D eigenvalue weighted by atomic mass is 9.81. The van der Waals surface area contributed by atoms with E-state index < -0.39 is 24.3 Å². The molecular formula is C48H60N8O6. The molecule has 1 saturated carbocycles. The van der Waals surface area contributed by atoms with Crippen molar-refractivity contribution in [1.82, 2.24) is 40.4 Å². The van der Waals surface area contributed by atoms with E-state index in [0.29, 0.717) is 24.9 Å². The van der Waals surface area contributed by atoms with E-state index in [1.165, 1.54) is 78.0 Å². The zero-order valence-corrected chi connectivity index (χ0v) is 36.8. The molecule has 3 fully saturated rings. The van der Waals surface area contributed by atoms with Gasteiger partial charge in [0.25, 0.3) is 0 Å². The average Bonchev–Trinajstić information content (AvgIpc) is 4.12. The molecule has 6 atom stereocenters. The van der Waals surface area contributed by atoms with Gasteiger partial charge < -0.3 is 39.9 Å². The van der Waals surface area contributed by atoms with Crippen molar-refractivity contribution < 1.29 is 28.7 Å². The number of hydrogen-bond acceptors (Lipinski definition) is 8. The van der Waals surface area contributed by atoms with Crippen LogP contribution in [0.2, 0.25) is 0 Å². The molecule has 2 aromatic carbocycles. The van der Waals surface area contributed by atoms with Crippen LogP contribution in [0, 0.1) is 11.8 Å². The number of rotatable bonds is 11. The van der Waals surface area contributed by atoms with Crippen molar-refractivity contribution in [3.8, 4) is 33.6 Å². The first kappa shape index (κ1) is 41.7. The summed E-state index contributed by atoms with van der Waals surface area (Å²) in [7, 11) is 2.62. The molecule has 0 radical (unpaired) electrons. The molecule has 2 unspecified atom stereocenters. The standard InChI is InChI=1S/C48H60N8O6/c1-25(2)41(53-47(59)61-5)45(57)55-20-8-12-37(55)43-49-23-35(51-43)32-17-16-31(29-10-7-11-30(29)32)33-18-19-34(40-28-15-14-27(22-28)39(33)40)36-24-50-44(52-36)38-13-9-21-56(38)46(58)42(26(3)4)54-48(60)62-6/h16-19,23-28,37-38,41-42H,7-15,20-22H2,1-6H3,(H,49,51)(H,50,52)(H,53,59)(H,54,60)/t27?,28?,37-,38-,41-,42-/m0/s1. The van der Waals surface area contributed by atoms with Gasteiger partial charge in [-0.25, -0.2) is 19.6 Å². The predicted molar refractivity (Wildman–Crippen MR) is 234 cm³/mol. The molecule has 5 aliphatic rings. The van der Waals surface area contributed by atoms with E-state index >= 15 is 0 Å². The fourth-order valence-electron chi connectivity index (χ4n) is 11.4. The molecule has 2 aliphatic heterocycles. The summed E-state index contributed by atoms with van der Waals surface area (Å²) in [4.78, 5) is 72.7. The quantitative estimate of drug-likeness (QED) is 0.117. The van der Waals surface area contributed by atoms with Gasteiger partial charge in [-0.1, -0.05) is 52.0 Å². The number of carbonyl (C=O) groups excluding carboxylic acids is 4. The number of likely N-dealkylation sites (tertiary alicyclic amines) is 2. The maximum absolute atomic E-state index is 13.8. The third-order valence-corrected chi connectivity index (χ3v) is 14.4. The number of imidazole rings is 2. The number of nitrogens with zero attached hydrogens (tertiary/aromatic N) is 4. The Morgan fingerprint density at radius 1 is 0.629 bits per heavy atom. The lowest BCUT2D eigenvalue weighted by Crippen LogP contribution is -2.51. The maximum atomic E-state index is 13.8. The van der Waals surface area contributed by atoms with Gasteiger partial charge in [-0.2, -0.15) is 0 Å². The lowest BCUT2D eigenvalue weighted by molar-refractivity contribution is -0.136. The molecule has 2 aromatic heterocycles. The second kappa shape index (κ2) is 16.9. The van der Waals surface area contributed by atoms with E-state index in [4.69, 9.17) is 19.4 Å². The molecule has 14 heteroatoms. The summed E-state index contributed by atoms with van der Waals surface area (Å²) in [6, 6.07) is 7.44. The number of amides is 4. The van der Waals surface area contributed by atoms with Crippen molar-refractivity contribution in [3.63, 3.8) is 0 Å². The van der Waals surface area contributed by atoms with Gasteiger partial charge in [0.05, 0.1) is 50.1 Å². The van der Waals surface area contributed by atoms with E-state index in [9.17, 15) is 19.2 Å². The number of fused-ring (bicyclic) bond motifs is 6. The Morgan fingerprint density at radius 3 is 1.60 bits per heavy atom. The van der Waals surface area contributed by atoms with E-state index in [1.807, 2.05) is 49.9 Å². The number of aromatic amines is 2. The Labute approximate surface area is 363 Å². The molecule has 4 aromatic rings. The molecule has 0 spiro atoms. The number of methoxy groups -OCH3 is 2. The Bertz CT molecular complexity index is 2380. The molecule has 62 heavy (non-hydrogen) atoms. The number of carbonyl (C=O) groups is 4. The number of H-pyrrole nitrogens is 2. The zero-order valence-electron chi connectivity index (χ0n) is 36.8. The first-order valence-electron chi connectivity index (χ1n) is 22.7. The zero-order chi connectivity index (χ0) is 43.4. The Balaban J connectivity index is 0.992. The monoisotopic (exact) mass is 844 g/mol. The number of nitrogens with one attached hydrogen (secondary N) is 4. The molecule has 328 valence electrons. The summed E-state index contributed by atoms with van der Waals surface area (Å²) < 4.78 is 9.65. The van der Waals surface area contributed by atoms with Crippen LogP contribution in [0.5, 0.6) is 0 Å². The van der Waals surface area contributed by atoms with Crippen LogP contribution >= 0.6 is 0 Å². The number of hydrogen-bond donors (Lipinski definition) is 4. The minimum atomic E-state index is -0.682. The van der Waals surface area contributed by atoms with Gasteiger partial charge in [0.1, 0.15) is 23.7 Å². The van der Waals surface area contributed by atoms with Gasteiger partial charge in [-0.3, -0.25) is 9.59 Å². The summed E-state index contributed by atoms with van der Waals surface area (Å²) in [5, 5.41) is 5.49. The highest BCUT2D eigenvalue weighted by Crippen LogP contribution is 2.59. The smallest absolute Gasteiger partial charge is 0.407 e. The van der Waals surface area contributed by atoms with Crippen LogP contribution in [-0.2, 0) is 31.9 Å². The third-order valence-electron chi connectivity index (χ3n) is 14.4. The van der Waals surface area contributed by atoms with Crippen molar-refractivity contribution in [2.45, 2.75) is 128 Å². The second-order valence-electron chi connectivity index (χ2n) is 18.6. The van der Waals surface area contributed by atoms with Gasteiger partial charge in [0, 0.05) is 24.2 Å². The highest BCUT2D eigenvalue weighted by atomic mass is 16.5. The fraction of sp³-hybridized carbons (Fsp3) is 0.542. The molecule has 2 saturated heterocycles. The molecule has 4 N–H and O–H groups in total. The van der Waals surface area contributed by atoms with Gasteiger partial charge in [0.2, 0.25) is 11.8 Å². The van der Waals surface area contributed by atoms with Crippen LogP contribution in [0.4, 0.5) is 9.59 Å². The van der Waals surface area contributed by atoms with Crippen molar-refractivity contribution in [2.75, 3.05) is 27.3 Å². The Morgan fingerprint density at radius 2 is 1.08 bits per heavy atom. The lowest BCUT2D eigenvalue weighted by Gasteiger charge is -2.30. The molecule has 4 amide bonds. The highest BCUT2D eigenvalue weighted by Gasteiger charge is 2.43. The Hall–Kier alpha value is -5.66. The summed E-state index contributed by atoms with van der Waals surface area (Å²) in [5.74, 6) is 2.15. The van der Waals surface area contributed by atoms with Crippen molar-refractivity contribution in [3.05, 3.63) is 70.6 Å². The number of ether oxygens (including phenoxy) is 2. The van der Waals surface area contributed by atoms with E-state index in [0.717, 1.165) is 68.0 Å². The van der Waals surface area contributed by atoms with E-state index in [2.05, 4.69) is 44.9 Å². The van der Waals surface area contributed by atoms with Crippen LogP contribution in [0.3, 0.4) is 0 Å². The molecule has 2 bridgehead atoms.